The lowest BCUT2D eigenvalue weighted by molar-refractivity contribution is -0.384. The molecule has 0 bridgehead atoms. The van der Waals surface area contributed by atoms with E-state index in [1.165, 1.54) is 11.1 Å². The second kappa shape index (κ2) is 6.03. The molecule has 0 spiro atoms. The van der Waals surface area contributed by atoms with Crippen LogP contribution in [0.3, 0.4) is 0 Å². The fraction of sp³-hybridized carbons (Fsp3) is 0.333. The van der Waals surface area contributed by atoms with Crippen LogP contribution in [0.5, 0.6) is 0 Å². The van der Waals surface area contributed by atoms with Gasteiger partial charge in [0.1, 0.15) is 5.69 Å². The Hall–Kier alpha value is -2.62. The van der Waals surface area contributed by atoms with Crippen LogP contribution in [0, 0.1) is 16.0 Å². The Morgan fingerprint density at radius 1 is 1.16 bits per heavy atom. The van der Waals surface area contributed by atoms with E-state index in [4.69, 9.17) is 0 Å². The molecule has 2 aromatic rings. The highest BCUT2D eigenvalue weighted by atomic mass is 16.6. The lowest BCUT2D eigenvalue weighted by atomic mass is 9.76. The normalized spacial score (nSPS) is 23.9. The van der Waals surface area contributed by atoms with Gasteiger partial charge >= 0.3 is 0 Å². The SMILES string of the molecule is CC(C)c1ccc([C@@H]2Nc3c(cccc3[N+](=O)[O-])[C@@H]3C=CC[C@@H]32)cc1. The maximum absolute atomic E-state index is 11.5. The lowest BCUT2D eigenvalue weighted by Gasteiger charge is -2.37. The maximum Gasteiger partial charge on any atom is 0.292 e. The Kier molecular flexibility index (Phi) is 3.83. The molecule has 25 heavy (non-hydrogen) atoms. The number of para-hydroxylation sites is 1. The average molecular weight is 334 g/mol. The molecule has 0 unspecified atom stereocenters. The van der Waals surface area contributed by atoms with Crippen LogP contribution in [0.1, 0.15) is 54.8 Å². The van der Waals surface area contributed by atoms with Crippen LogP contribution >= 0.6 is 0 Å². The highest BCUT2D eigenvalue weighted by Gasteiger charge is 2.40. The van der Waals surface area contributed by atoms with Gasteiger partial charge in [-0.25, -0.2) is 0 Å². The van der Waals surface area contributed by atoms with Crippen molar-refractivity contribution in [1.29, 1.82) is 0 Å². The minimum Gasteiger partial charge on any atom is -0.372 e. The molecule has 3 atom stereocenters. The standard InChI is InChI=1S/C21H22N2O2/c1-13(2)14-9-11-15(12-10-14)20-17-6-3-5-16(17)18-7-4-8-19(23(24)25)21(18)22-20/h3-5,7-13,16-17,20,22H,6H2,1-2H3/t16-,17+,20+/m1/s1. The van der Waals surface area contributed by atoms with Crippen LogP contribution in [0.25, 0.3) is 0 Å². The largest absolute Gasteiger partial charge is 0.372 e. The van der Waals surface area contributed by atoms with Crippen molar-refractivity contribution in [2.75, 3.05) is 5.32 Å². The van der Waals surface area contributed by atoms with Gasteiger partial charge in [-0.1, -0.05) is 62.4 Å². The first-order valence-corrected chi connectivity index (χ1v) is 8.86. The number of nitro groups is 1. The zero-order chi connectivity index (χ0) is 17.6. The first-order chi connectivity index (χ1) is 12.1. The summed E-state index contributed by atoms with van der Waals surface area (Å²) in [5.74, 6) is 1.14. The Morgan fingerprint density at radius 3 is 2.60 bits per heavy atom. The van der Waals surface area contributed by atoms with Crippen LogP contribution in [0.2, 0.25) is 0 Å². The van der Waals surface area contributed by atoms with Gasteiger partial charge in [0, 0.05) is 12.0 Å². The van der Waals surface area contributed by atoms with Crippen molar-refractivity contribution in [3.63, 3.8) is 0 Å². The van der Waals surface area contributed by atoms with Crippen molar-refractivity contribution in [2.24, 2.45) is 5.92 Å². The van der Waals surface area contributed by atoms with Gasteiger partial charge in [0.05, 0.1) is 11.0 Å². The molecule has 0 saturated heterocycles. The minimum atomic E-state index is -0.288. The Morgan fingerprint density at radius 2 is 1.92 bits per heavy atom. The van der Waals surface area contributed by atoms with Crippen LogP contribution in [0.15, 0.2) is 54.6 Å². The number of nitro benzene ring substituents is 1. The molecule has 2 aromatic carbocycles. The lowest BCUT2D eigenvalue weighted by Crippen LogP contribution is -2.29. The molecule has 4 rings (SSSR count). The van der Waals surface area contributed by atoms with Crippen molar-refractivity contribution in [2.45, 2.75) is 38.1 Å². The van der Waals surface area contributed by atoms with Gasteiger partial charge in [0.15, 0.2) is 0 Å². The van der Waals surface area contributed by atoms with E-state index in [0.717, 1.165) is 12.0 Å². The third-order valence-electron chi connectivity index (χ3n) is 5.53. The smallest absolute Gasteiger partial charge is 0.292 e. The maximum atomic E-state index is 11.5. The van der Waals surface area contributed by atoms with E-state index < -0.39 is 0 Å². The molecular formula is C21H22N2O2. The molecule has 1 aliphatic heterocycles. The summed E-state index contributed by atoms with van der Waals surface area (Å²) in [4.78, 5) is 11.2. The van der Waals surface area contributed by atoms with E-state index in [-0.39, 0.29) is 22.6 Å². The number of fused-ring (bicyclic) bond motifs is 3. The number of rotatable bonds is 3. The molecule has 0 aromatic heterocycles. The zero-order valence-electron chi connectivity index (χ0n) is 14.5. The summed E-state index contributed by atoms with van der Waals surface area (Å²) in [7, 11) is 0. The molecule has 4 heteroatoms. The third-order valence-corrected chi connectivity index (χ3v) is 5.53. The molecule has 2 aliphatic rings. The van der Waals surface area contributed by atoms with E-state index in [1.807, 2.05) is 6.07 Å². The molecule has 1 N–H and O–H groups in total. The number of anilines is 1. The second-order valence-corrected chi connectivity index (χ2v) is 7.30. The summed E-state index contributed by atoms with van der Waals surface area (Å²) in [6.07, 6.45) is 5.42. The van der Waals surface area contributed by atoms with E-state index >= 15 is 0 Å². The van der Waals surface area contributed by atoms with Gasteiger partial charge in [-0.2, -0.15) is 0 Å². The topological polar surface area (TPSA) is 55.2 Å². The number of hydrogen-bond donors (Lipinski definition) is 1. The molecule has 0 saturated carbocycles. The predicted molar refractivity (Wildman–Crippen MR) is 100.0 cm³/mol. The van der Waals surface area contributed by atoms with Crippen LogP contribution in [-0.2, 0) is 0 Å². The summed E-state index contributed by atoms with van der Waals surface area (Å²) in [6.45, 7) is 4.37. The van der Waals surface area contributed by atoms with Crippen molar-refractivity contribution in [1.82, 2.24) is 0 Å². The van der Waals surface area contributed by atoms with E-state index in [2.05, 4.69) is 55.6 Å². The molecule has 0 radical (unpaired) electrons. The van der Waals surface area contributed by atoms with Gasteiger partial charge < -0.3 is 5.32 Å². The fourth-order valence-corrected chi connectivity index (χ4v) is 4.18. The van der Waals surface area contributed by atoms with Crippen LogP contribution in [0.4, 0.5) is 11.4 Å². The molecule has 4 nitrogen and oxygen atoms in total. The summed E-state index contributed by atoms with van der Waals surface area (Å²) >= 11 is 0. The van der Waals surface area contributed by atoms with Gasteiger partial charge in [0.25, 0.3) is 5.69 Å². The quantitative estimate of drug-likeness (QED) is 0.455. The summed E-state index contributed by atoms with van der Waals surface area (Å²) in [6, 6.07) is 14.2. The van der Waals surface area contributed by atoms with Gasteiger partial charge in [-0.3, -0.25) is 10.1 Å². The summed E-state index contributed by atoms with van der Waals surface area (Å²) in [5, 5.41) is 15.0. The van der Waals surface area contributed by atoms with Crippen LogP contribution < -0.4 is 5.32 Å². The monoisotopic (exact) mass is 334 g/mol. The van der Waals surface area contributed by atoms with Gasteiger partial charge in [0.2, 0.25) is 0 Å². The number of hydrogen-bond acceptors (Lipinski definition) is 3. The Bertz CT molecular complexity index is 839. The highest BCUT2D eigenvalue weighted by molar-refractivity contribution is 5.71. The van der Waals surface area contributed by atoms with E-state index in [0.29, 0.717) is 17.5 Å². The van der Waals surface area contributed by atoms with Crippen molar-refractivity contribution < 1.29 is 4.92 Å². The number of nitrogens with zero attached hydrogens (tertiary/aromatic N) is 1. The number of nitrogens with one attached hydrogen (secondary N) is 1. The third kappa shape index (κ3) is 2.62. The molecule has 128 valence electrons. The Labute approximate surface area is 147 Å². The summed E-state index contributed by atoms with van der Waals surface area (Å²) < 4.78 is 0. The van der Waals surface area contributed by atoms with Crippen LogP contribution in [-0.4, -0.2) is 4.92 Å². The molecule has 1 aliphatic carbocycles. The molecule has 0 fully saturated rings. The second-order valence-electron chi connectivity index (χ2n) is 7.30. The molecular weight excluding hydrogens is 312 g/mol. The average Bonchev–Trinajstić information content (AvgIpc) is 3.10. The first kappa shape index (κ1) is 15.9. The number of benzene rings is 2. The van der Waals surface area contributed by atoms with E-state index in [1.54, 1.807) is 12.1 Å². The first-order valence-electron chi connectivity index (χ1n) is 8.86. The Balaban J connectivity index is 1.77. The molecule has 0 amide bonds. The molecule has 1 heterocycles. The highest BCUT2D eigenvalue weighted by Crippen LogP contribution is 2.51. The van der Waals surface area contributed by atoms with Gasteiger partial charge in [-0.05, 0) is 34.9 Å². The van der Waals surface area contributed by atoms with E-state index in [9.17, 15) is 10.1 Å². The zero-order valence-corrected chi connectivity index (χ0v) is 14.5. The fourth-order valence-electron chi connectivity index (χ4n) is 4.18. The van der Waals surface area contributed by atoms with Crippen molar-refractivity contribution in [3.05, 3.63) is 81.4 Å². The van der Waals surface area contributed by atoms with Crippen molar-refractivity contribution in [3.8, 4) is 0 Å². The van der Waals surface area contributed by atoms with Gasteiger partial charge in [-0.15, -0.1) is 0 Å². The predicted octanol–water partition coefficient (Wildman–Crippen LogP) is 5.54. The minimum absolute atomic E-state index is 0.0924. The summed E-state index contributed by atoms with van der Waals surface area (Å²) in [5.41, 5.74) is 4.40. The number of allylic oxidation sites excluding steroid dienone is 2. The van der Waals surface area contributed by atoms with Crippen molar-refractivity contribution >= 4 is 11.4 Å².